The molecule has 0 aliphatic heterocycles. The fourth-order valence-electron chi connectivity index (χ4n) is 1.36. The molecule has 3 nitrogen and oxygen atoms in total. The van der Waals surface area contributed by atoms with Gasteiger partial charge in [0.05, 0.1) is 22.8 Å². The zero-order valence-electron chi connectivity index (χ0n) is 7.60. The first-order valence-corrected chi connectivity index (χ1v) is 4.14. The summed E-state index contributed by atoms with van der Waals surface area (Å²) in [6, 6.07) is 1.03. The third kappa shape index (κ3) is 1.64. The Labute approximate surface area is 85.7 Å². The van der Waals surface area contributed by atoms with Gasteiger partial charge in [-0.25, -0.2) is 9.37 Å². The van der Waals surface area contributed by atoms with Crippen molar-refractivity contribution in [2.24, 2.45) is 0 Å². The van der Waals surface area contributed by atoms with Crippen molar-refractivity contribution >= 4 is 10.9 Å². The number of H-pyrrole nitrogens is 1. The molecular weight excluding hydrogens is 228 g/mol. The van der Waals surface area contributed by atoms with Crippen molar-refractivity contribution in [1.29, 1.82) is 0 Å². The van der Waals surface area contributed by atoms with Crippen LogP contribution in [-0.4, -0.2) is 9.97 Å². The number of benzene rings is 1. The monoisotopic (exact) mass is 232 g/mol. The maximum Gasteiger partial charge on any atom is 0.418 e. The maximum absolute atomic E-state index is 12.9. The zero-order chi connectivity index (χ0) is 11.9. The van der Waals surface area contributed by atoms with Crippen LogP contribution in [0, 0.1) is 5.82 Å². The average Bonchev–Trinajstić information content (AvgIpc) is 2.17. The summed E-state index contributed by atoms with van der Waals surface area (Å²) in [6.45, 7) is 0. The highest BCUT2D eigenvalue weighted by molar-refractivity contribution is 5.81. The Morgan fingerprint density at radius 3 is 2.56 bits per heavy atom. The van der Waals surface area contributed by atoms with Gasteiger partial charge in [-0.05, 0) is 12.1 Å². The molecule has 84 valence electrons. The van der Waals surface area contributed by atoms with Gasteiger partial charge in [0.25, 0.3) is 5.56 Å². The molecule has 1 heterocycles. The molecule has 0 atom stereocenters. The van der Waals surface area contributed by atoms with Gasteiger partial charge < -0.3 is 4.98 Å². The second kappa shape index (κ2) is 3.29. The van der Waals surface area contributed by atoms with Gasteiger partial charge in [-0.15, -0.1) is 0 Å². The highest BCUT2D eigenvalue weighted by Gasteiger charge is 2.34. The van der Waals surface area contributed by atoms with Crippen LogP contribution in [0.1, 0.15) is 5.56 Å². The predicted octanol–water partition coefficient (Wildman–Crippen LogP) is 2.08. The van der Waals surface area contributed by atoms with E-state index in [1.807, 2.05) is 0 Å². The van der Waals surface area contributed by atoms with Crippen molar-refractivity contribution in [3.05, 3.63) is 40.2 Å². The molecule has 0 bridgehead atoms. The molecule has 1 aromatic carbocycles. The van der Waals surface area contributed by atoms with Gasteiger partial charge >= 0.3 is 6.18 Å². The van der Waals surface area contributed by atoms with E-state index >= 15 is 0 Å². The lowest BCUT2D eigenvalue weighted by atomic mass is 10.1. The van der Waals surface area contributed by atoms with Crippen molar-refractivity contribution in [3.8, 4) is 0 Å². The molecule has 0 aliphatic rings. The van der Waals surface area contributed by atoms with Crippen LogP contribution in [0.3, 0.4) is 0 Å². The summed E-state index contributed by atoms with van der Waals surface area (Å²) in [7, 11) is 0. The predicted molar refractivity (Wildman–Crippen MR) is 47.3 cm³/mol. The molecule has 0 radical (unpaired) electrons. The molecule has 0 saturated carbocycles. The Morgan fingerprint density at radius 1 is 1.25 bits per heavy atom. The number of halogens is 4. The number of hydrogen-bond acceptors (Lipinski definition) is 2. The number of hydrogen-bond donors (Lipinski definition) is 1. The molecule has 0 spiro atoms. The minimum Gasteiger partial charge on any atom is -0.313 e. The van der Waals surface area contributed by atoms with E-state index in [-0.39, 0.29) is 0 Å². The molecule has 0 unspecified atom stereocenters. The summed E-state index contributed by atoms with van der Waals surface area (Å²) in [4.78, 5) is 16.7. The Bertz CT molecular complexity index is 602. The quantitative estimate of drug-likeness (QED) is 0.707. The fourth-order valence-corrected chi connectivity index (χ4v) is 1.36. The number of aromatic nitrogens is 2. The second-order valence-corrected chi connectivity index (χ2v) is 3.08. The van der Waals surface area contributed by atoms with E-state index in [1.54, 1.807) is 0 Å². The van der Waals surface area contributed by atoms with Crippen LogP contribution in [-0.2, 0) is 6.18 Å². The summed E-state index contributed by atoms with van der Waals surface area (Å²) in [5.74, 6) is -1.13. The number of fused-ring (bicyclic) bond motifs is 1. The molecule has 0 fully saturated rings. The average molecular weight is 232 g/mol. The van der Waals surface area contributed by atoms with E-state index in [2.05, 4.69) is 9.97 Å². The first kappa shape index (κ1) is 10.6. The highest BCUT2D eigenvalue weighted by Crippen LogP contribution is 2.33. The standard InChI is InChI=1S/C9H4F4N2O/c10-4-1-5-7(14-3-15-8(5)16)6(2-4)9(11,12)13/h1-3H,(H,14,15,16). The highest BCUT2D eigenvalue weighted by atomic mass is 19.4. The summed E-state index contributed by atoms with van der Waals surface area (Å²) in [6.07, 6.45) is -3.90. The summed E-state index contributed by atoms with van der Waals surface area (Å²) in [5, 5.41) is -0.421. The first-order valence-electron chi connectivity index (χ1n) is 4.14. The molecule has 1 aromatic heterocycles. The molecule has 16 heavy (non-hydrogen) atoms. The number of alkyl halides is 3. The molecule has 7 heteroatoms. The van der Waals surface area contributed by atoms with Gasteiger partial charge in [0.2, 0.25) is 0 Å². The van der Waals surface area contributed by atoms with Crippen molar-refractivity contribution < 1.29 is 17.6 Å². The fraction of sp³-hybridized carbons (Fsp3) is 0.111. The van der Waals surface area contributed by atoms with Gasteiger partial charge in [0.15, 0.2) is 0 Å². The Balaban J connectivity index is 2.95. The lowest BCUT2D eigenvalue weighted by Gasteiger charge is -2.08. The number of nitrogens with zero attached hydrogens (tertiary/aromatic N) is 1. The van der Waals surface area contributed by atoms with Crippen LogP contribution in [0.4, 0.5) is 17.6 Å². The van der Waals surface area contributed by atoms with Crippen LogP contribution in [0.25, 0.3) is 10.9 Å². The molecule has 2 rings (SSSR count). The van der Waals surface area contributed by atoms with E-state index in [9.17, 15) is 22.4 Å². The topological polar surface area (TPSA) is 45.8 Å². The lowest BCUT2D eigenvalue weighted by molar-refractivity contribution is -0.136. The molecule has 2 aromatic rings. The summed E-state index contributed by atoms with van der Waals surface area (Å²) < 4.78 is 50.5. The van der Waals surface area contributed by atoms with Gasteiger partial charge in [0.1, 0.15) is 5.82 Å². The summed E-state index contributed by atoms with van der Waals surface area (Å²) >= 11 is 0. The molecule has 0 aliphatic carbocycles. The van der Waals surface area contributed by atoms with Crippen LogP contribution >= 0.6 is 0 Å². The van der Waals surface area contributed by atoms with Gasteiger partial charge in [-0.1, -0.05) is 0 Å². The zero-order valence-corrected chi connectivity index (χ0v) is 7.60. The second-order valence-electron chi connectivity index (χ2n) is 3.08. The van der Waals surface area contributed by atoms with Crippen molar-refractivity contribution in [1.82, 2.24) is 9.97 Å². The third-order valence-electron chi connectivity index (χ3n) is 2.01. The van der Waals surface area contributed by atoms with Gasteiger partial charge in [-0.3, -0.25) is 4.79 Å². The summed E-state index contributed by atoms with van der Waals surface area (Å²) in [5.41, 5.74) is -2.62. The Kier molecular flexibility index (Phi) is 2.18. The number of nitrogens with one attached hydrogen (secondary N) is 1. The van der Waals surface area contributed by atoms with E-state index in [4.69, 9.17) is 0 Å². The molecular formula is C9H4F4N2O. The normalized spacial score (nSPS) is 12.0. The van der Waals surface area contributed by atoms with E-state index in [0.29, 0.717) is 6.07 Å². The first-order chi connectivity index (χ1) is 7.39. The SMILES string of the molecule is O=c1[nH]cnc2c(C(F)(F)F)cc(F)cc12. The Morgan fingerprint density at radius 2 is 1.94 bits per heavy atom. The minimum atomic E-state index is -4.75. The van der Waals surface area contributed by atoms with Gasteiger partial charge in [-0.2, -0.15) is 13.2 Å². The third-order valence-corrected chi connectivity index (χ3v) is 2.01. The van der Waals surface area contributed by atoms with Crippen molar-refractivity contribution in [3.63, 3.8) is 0 Å². The lowest BCUT2D eigenvalue weighted by Crippen LogP contribution is -2.13. The van der Waals surface area contributed by atoms with E-state index < -0.39 is 34.0 Å². The van der Waals surface area contributed by atoms with Gasteiger partial charge in [0, 0.05) is 0 Å². The van der Waals surface area contributed by atoms with Crippen molar-refractivity contribution in [2.75, 3.05) is 0 Å². The van der Waals surface area contributed by atoms with Crippen LogP contribution < -0.4 is 5.56 Å². The van der Waals surface area contributed by atoms with E-state index in [0.717, 1.165) is 12.4 Å². The van der Waals surface area contributed by atoms with Crippen LogP contribution in [0.5, 0.6) is 0 Å². The minimum absolute atomic E-state index is 0.314. The Hall–Kier alpha value is -1.92. The smallest absolute Gasteiger partial charge is 0.313 e. The molecule has 1 N–H and O–H groups in total. The number of rotatable bonds is 0. The maximum atomic E-state index is 12.9. The molecule has 0 saturated heterocycles. The largest absolute Gasteiger partial charge is 0.418 e. The van der Waals surface area contributed by atoms with Crippen molar-refractivity contribution in [2.45, 2.75) is 6.18 Å². The van der Waals surface area contributed by atoms with E-state index in [1.165, 1.54) is 0 Å². The number of aromatic amines is 1. The van der Waals surface area contributed by atoms with Crippen LogP contribution in [0.2, 0.25) is 0 Å². The van der Waals surface area contributed by atoms with Crippen LogP contribution in [0.15, 0.2) is 23.3 Å². The molecule has 0 amide bonds.